The Kier molecular flexibility index (Phi) is 4.81. The summed E-state index contributed by atoms with van der Waals surface area (Å²) in [7, 11) is 3.17. The molecule has 0 bridgehead atoms. The highest BCUT2D eigenvalue weighted by Crippen LogP contribution is 2.36. The maximum Gasteiger partial charge on any atom is 0.277 e. The number of nitrogens with zero attached hydrogens (tertiary/aromatic N) is 2. The van der Waals surface area contributed by atoms with E-state index >= 15 is 0 Å². The van der Waals surface area contributed by atoms with Crippen molar-refractivity contribution in [3.8, 4) is 11.5 Å². The number of methoxy groups -OCH3 is 2. The van der Waals surface area contributed by atoms with E-state index in [1.807, 2.05) is 54.6 Å². The van der Waals surface area contributed by atoms with Crippen LogP contribution in [0.5, 0.6) is 11.5 Å². The Morgan fingerprint density at radius 2 is 1.64 bits per heavy atom. The molecule has 0 fully saturated rings. The second-order valence-electron chi connectivity index (χ2n) is 6.39. The van der Waals surface area contributed by atoms with Crippen LogP contribution in [0.4, 0.5) is 11.4 Å². The largest absolute Gasteiger partial charge is 0.497 e. The van der Waals surface area contributed by atoms with Crippen molar-refractivity contribution >= 4 is 23.0 Å². The maximum absolute atomic E-state index is 13.2. The molecule has 0 aliphatic carbocycles. The highest BCUT2D eigenvalue weighted by Gasteiger charge is 2.33. The van der Waals surface area contributed by atoms with Gasteiger partial charge in [-0.15, -0.1) is 0 Å². The van der Waals surface area contributed by atoms with E-state index < -0.39 is 0 Å². The summed E-state index contributed by atoms with van der Waals surface area (Å²) in [5.74, 6) is 1.10. The number of hydrogen-bond acceptors (Lipinski definition) is 4. The molecule has 28 heavy (non-hydrogen) atoms. The van der Waals surface area contributed by atoms with E-state index in [4.69, 9.17) is 9.47 Å². The third kappa shape index (κ3) is 3.22. The molecule has 0 unspecified atom stereocenters. The quantitative estimate of drug-likeness (QED) is 0.668. The Balaban J connectivity index is 1.76. The van der Waals surface area contributed by atoms with Gasteiger partial charge in [-0.05, 0) is 23.8 Å². The van der Waals surface area contributed by atoms with Crippen LogP contribution in [0.25, 0.3) is 0 Å². The van der Waals surface area contributed by atoms with Gasteiger partial charge in [-0.25, -0.2) is 4.99 Å². The topological polar surface area (TPSA) is 51.1 Å². The number of fused-ring (bicyclic) bond motifs is 1. The highest BCUT2D eigenvalue weighted by molar-refractivity contribution is 6.54. The molecular weight excluding hydrogens is 352 g/mol. The molecule has 0 saturated heterocycles. The second kappa shape index (κ2) is 7.56. The highest BCUT2D eigenvalue weighted by atomic mass is 16.5. The van der Waals surface area contributed by atoms with Crippen molar-refractivity contribution in [3.05, 3.63) is 83.9 Å². The van der Waals surface area contributed by atoms with Crippen LogP contribution in [0.2, 0.25) is 0 Å². The van der Waals surface area contributed by atoms with Gasteiger partial charge in [-0.1, -0.05) is 48.5 Å². The zero-order valence-corrected chi connectivity index (χ0v) is 15.8. The van der Waals surface area contributed by atoms with Gasteiger partial charge in [-0.2, -0.15) is 0 Å². The first-order valence-electron chi connectivity index (χ1n) is 8.97. The first-order chi connectivity index (χ1) is 13.7. The molecule has 5 heteroatoms. The molecule has 0 radical (unpaired) electrons. The number of aliphatic imine (C=N–C) groups is 1. The van der Waals surface area contributed by atoms with E-state index in [0.717, 1.165) is 16.8 Å². The molecule has 1 amide bonds. The third-order valence-electron chi connectivity index (χ3n) is 4.70. The van der Waals surface area contributed by atoms with Crippen LogP contribution in [0.3, 0.4) is 0 Å². The van der Waals surface area contributed by atoms with E-state index in [2.05, 4.69) is 4.99 Å². The molecule has 1 aliphatic heterocycles. The smallest absolute Gasteiger partial charge is 0.277 e. The SMILES string of the molecule is COc1ccc(N=C2C(=O)N(Cc3ccccc3)c3ccccc32)c(OC)c1. The van der Waals surface area contributed by atoms with Crippen molar-refractivity contribution in [2.75, 3.05) is 19.1 Å². The fourth-order valence-electron chi connectivity index (χ4n) is 3.29. The lowest BCUT2D eigenvalue weighted by atomic mass is 10.1. The van der Waals surface area contributed by atoms with E-state index in [-0.39, 0.29) is 5.91 Å². The molecule has 4 rings (SSSR count). The molecule has 1 aliphatic rings. The number of rotatable bonds is 5. The lowest BCUT2D eigenvalue weighted by Gasteiger charge is -2.16. The van der Waals surface area contributed by atoms with Crippen LogP contribution < -0.4 is 14.4 Å². The number of amides is 1. The van der Waals surface area contributed by atoms with Gasteiger partial charge in [0.25, 0.3) is 5.91 Å². The first-order valence-corrected chi connectivity index (χ1v) is 8.97. The van der Waals surface area contributed by atoms with Crippen molar-refractivity contribution in [2.24, 2.45) is 4.99 Å². The predicted molar refractivity (Wildman–Crippen MR) is 110 cm³/mol. The maximum atomic E-state index is 13.2. The molecule has 5 nitrogen and oxygen atoms in total. The van der Waals surface area contributed by atoms with E-state index in [1.165, 1.54) is 0 Å². The monoisotopic (exact) mass is 372 g/mol. The van der Waals surface area contributed by atoms with Gasteiger partial charge < -0.3 is 14.4 Å². The Labute approximate surface area is 163 Å². The summed E-state index contributed by atoms with van der Waals surface area (Å²) >= 11 is 0. The fraction of sp³-hybridized carbons (Fsp3) is 0.130. The van der Waals surface area contributed by atoms with Gasteiger partial charge >= 0.3 is 0 Å². The zero-order chi connectivity index (χ0) is 19.5. The first kappa shape index (κ1) is 17.8. The summed E-state index contributed by atoms with van der Waals surface area (Å²) in [4.78, 5) is 19.7. The van der Waals surface area contributed by atoms with Crippen LogP contribution in [0.1, 0.15) is 11.1 Å². The van der Waals surface area contributed by atoms with E-state index in [1.54, 1.807) is 37.3 Å². The Morgan fingerprint density at radius 3 is 2.39 bits per heavy atom. The Bertz CT molecular complexity index is 1040. The molecule has 140 valence electrons. The van der Waals surface area contributed by atoms with Crippen LogP contribution in [-0.2, 0) is 11.3 Å². The van der Waals surface area contributed by atoms with Gasteiger partial charge in [0.1, 0.15) is 22.9 Å². The minimum absolute atomic E-state index is 0.122. The lowest BCUT2D eigenvalue weighted by Crippen LogP contribution is -2.29. The summed E-state index contributed by atoms with van der Waals surface area (Å²) in [5, 5.41) is 0. The number of anilines is 1. The van der Waals surface area contributed by atoms with Gasteiger partial charge in [0.2, 0.25) is 0 Å². The number of hydrogen-bond donors (Lipinski definition) is 0. The predicted octanol–water partition coefficient (Wildman–Crippen LogP) is 4.37. The number of para-hydroxylation sites is 1. The third-order valence-corrected chi connectivity index (χ3v) is 4.70. The van der Waals surface area contributed by atoms with Crippen LogP contribution in [0.15, 0.2) is 77.8 Å². The summed E-state index contributed by atoms with van der Waals surface area (Å²) in [6.45, 7) is 0.495. The second-order valence-corrected chi connectivity index (χ2v) is 6.39. The molecule has 0 atom stereocenters. The average molecular weight is 372 g/mol. The fourth-order valence-corrected chi connectivity index (χ4v) is 3.29. The van der Waals surface area contributed by atoms with Crippen molar-refractivity contribution < 1.29 is 14.3 Å². The standard InChI is InChI=1S/C23H20N2O3/c1-27-17-12-13-19(21(14-17)28-2)24-22-18-10-6-7-11-20(18)25(23(22)26)15-16-8-4-3-5-9-16/h3-14H,15H2,1-2H3. The van der Waals surface area contributed by atoms with Crippen LogP contribution in [0, 0.1) is 0 Å². The number of ether oxygens (including phenoxy) is 2. The van der Waals surface area contributed by atoms with E-state index in [9.17, 15) is 4.79 Å². The van der Waals surface area contributed by atoms with E-state index in [0.29, 0.717) is 29.4 Å². The molecule has 0 aromatic heterocycles. The zero-order valence-electron chi connectivity index (χ0n) is 15.8. The number of carbonyl (C=O) groups is 1. The summed E-state index contributed by atoms with van der Waals surface area (Å²) in [6.07, 6.45) is 0. The van der Waals surface area contributed by atoms with Gasteiger partial charge in [0.05, 0.1) is 26.5 Å². The molecule has 0 spiro atoms. The molecule has 3 aromatic carbocycles. The molecular formula is C23H20N2O3. The number of benzene rings is 3. The van der Waals surface area contributed by atoms with Crippen LogP contribution in [-0.4, -0.2) is 25.8 Å². The normalized spacial score (nSPS) is 14.3. The Morgan fingerprint density at radius 1 is 0.893 bits per heavy atom. The summed E-state index contributed by atoms with van der Waals surface area (Å²) in [6, 6.07) is 23.0. The van der Waals surface area contributed by atoms with Crippen molar-refractivity contribution in [3.63, 3.8) is 0 Å². The summed E-state index contributed by atoms with van der Waals surface area (Å²) < 4.78 is 10.7. The summed E-state index contributed by atoms with van der Waals surface area (Å²) in [5.41, 5.74) is 3.75. The lowest BCUT2D eigenvalue weighted by molar-refractivity contribution is -0.112. The van der Waals surface area contributed by atoms with Crippen molar-refractivity contribution in [1.29, 1.82) is 0 Å². The van der Waals surface area contributed by atoms with Crippen molar-refractivity contribution in [2.45, 2.75) is 6.54 Å². The van der Waals surface area contributed by atoms with Gasteiger partial charge in [0, 0.05) is 11.6 Å². The minimum Gasteiger partial charge on any atom is -0.497 e. The molecule has 0 saturated carbocycles. The van der Waals surface area contributed by atoms with Crippen molar-refractivity contribution in [1.82, 2.24) is 0 Å². The van der Waals surface area contributed by atoms with Gasteiger partial charge in [-0.3, -0.25) is 4.79 Å². The van der Waals surface area contributed by atoms with Gasteiger partial charge in [0.15, 0.2) is 0 Å². The number of carbonyl (C=O) groups excluding carboxylic acids is 1. The Hall–Kier alpha value is -3.60. The molecule has 1 heterocycles. The molecule has 0 N–H and O–H groups in total. The minimum atomic E-state index is -0.122. The van der Waals surface area contributed by atoms with Crippen LogP contribution >= 0.6 is 0 Å². The molecule has 3 aromatic rings. The average Bonchev–Trinajstić information content (AvgIpc) is 3.00.